The van der Waals surface area contributed by atoms with Crippen LogP contribution >= 0.6 is 11.3 Å². The fourth-order valence-corrected chi connectivity index (χ4v) is 3.86. The number of nitrogens with zero attached hydrogens (tertiary/aromatic N) is 1. The summed E-state index contributed by atoms with van der Waals surface area (Å²) in [7, 11) is 1.90. The molecule has 0 aliphatic rings. The topological polar surface area (TPSA) is 78.9 Å². The predicted molar refractivity (Wildman–Crippen MR) is 128 cm³/mol. The first kappa shape index (κ1) is 24.0. The lowest BCUT2D eigenvalue weighted by molar-refractivity contribution is -0.160. The van der Waals surface area contributed by atoms with Gasteiger partial charge in [0, 0.05) is 18.3 Å². The van der Waals surface area contributed by atoms with Gasteiger partial charge in [-0.25, -0.2) is 9.78 Å². The molecular weight excluding hydrogens is 428 g/mol. The fraction of sp³-hybridized carbons (Fsp3) is 0.417. The van der Waals surface area contributed by atoms with Crippen LogP contribution in [0, 0.1) is 0 Å². The summed E-state index contributed by atoms with van der Waals surface area (Å²) in [5.74, 6) is 0.403. The van der Waals surface area contributed by atoms with Gasteiger partial charge < -0.3 is 24.3 Å². The van der Waals surface area contributed by atoms with Gasteiger partial charge in [0.1, 0.15) is 29.6 Å². The molecule has 1 N–H and O–H groups in total. The van der Waals surface area contributed by atoms with Crippen LogP contribution in [0.15, 0.2) is 42.5 Å². The summed E-state index contributed by atoms with van der Waals surface area (Å²) in [6, 6.07) is 14.1. The Morgan fingerprint density at radius 1 is 1.00 bits per heavy atom. The number of carbonyl (C=O) groups is 1. The van der Waals surface area contributed by atoms with E-state index in [4.69, 9.17) is 23.9 Å². The van der Waals surface area contributed by atoms with Crippen LogP contribution in [0.4, 0.5) is 5.69 Å². The molecule has 32 heavy (non-hydrogen) atoms. The number of thiazole rings is 1. The minimum Gasteiger partial charge on any atom is -0.491 e. The number of aromatic nitrogens is 1. The molecule has 3 rings (SSSR count). The predicted octanol–water partition coefficient (Wildman–Crippen LogP) is 4.76. The maximum absolute atomic E-state index is 11.5. The molecule has 1 heterocycles. The number of anilines is 1. The second-order valence-corrected chi connectivity index (χ2v) is 9.11. The van der Waals surface area contributed by atoms with Gasteiger partial charge in [-0.15, -0.1) is 11.3 Å². The molecule has 0 aliphatic carbocycles. The van der Waals surface area contributed by atoms with E-state index in [0.717, 1.165) is 32.2 Å². The minimum absolute atomic E-state index is 0.0758. The van der Waals surface area contributed by atoms with Crippen LogP contribution in [0.5, 0.6) is 5.75 Å². The summed E-state index contributed by atoms with van der Waals surface area (Å²) < 4.78 is 22.8. The van der Waals surface area contributed by atoms with Gasteiger partial charge in [-0.05, 0) is 63.2 Å². The van der Waals surface area contributed by atoms with Crippen molar-refractivity contribution in [2.75, 3.05) is 45.4 Å². The first-order valence-corrected chi connectivity index (χ1v) is 11.3. The first-order chi connectivity index (χ1) is 15.3. The number of rotatable bonds is 11. The highest BCUT2D eigenvalue weighted by molar-refractivity contribution is 7.21. The van der Waals surface area contributed by atoms with Gasteiger partial charge in [0.2, 0.25) is 0 Å². The van der Waals surface area contributed by atoms with E-state index in [1.807, 2.05) is 58.2 Å². The van der Waals surface area contributed by atoms with E-state index in [2.05, 4.69) is 17.4 Å². The number of carbonyl (C=O) groups excluding carboxylic acids is 1. The molecule has 0 radical (unpaired) electrons. The summed E-state index contributed by atoms with van der Waals surface area (Å²) in [5, 5.41) is 4.10. The number of hydrogen-bond acceptors (Lipinski definition) is 8. The molecule has 0 bridgehead atoms. The van der Waals surface area contributed by atoms with Crippen LogP contribution in [0.3, 0.4) is 0 Å². The van der Waals surface area contributed by atoms with E-state index < -0.39 is 5.60 Å². The molecule has 0 saturated heterocycles. The summed E-state index contributed by atoms with van der Waals surface area (Å²) in [4.78, 5) is 16.3. The summed E-state index contributed by atoms with van der Waals surface area (Å²) in [6.45, 7) is 6.95. The van der Waals surface area contributed by atoms with E-state index in [0.29, 0.717) is 26.4 Å². The molecule has 2 aromatic carbocycles. The second kappa shape index (κ2) is 11.3. The van der Waals surface area contributed by atoms with E-state index >= 15 is 0 Å². The molecule has 8 heteroatoms. The van der Waals surface area contributed by atoms with E-state index in [1.165, 1.54) is 0 Å². The van der Waals surface area contributed by atoms with Crippen LogP contribution in [0.2, 0.25) is 0 Å². The Kier molecular flexibility index (Phi) is 8.44. The number of nitrogens with one attached hydrogen (secondary N) is 1. The third-order valence-corrected chi connectivity index (χ3v) is 5.36. The molecule has 0 atom stereocenters. The van der Waals surface area contributed by atoms with Gasteiger partial charge >= 0.3 is 5.97 Å². The van der Waals surface area contributed by atoms with Gasteiger partial charge in [-0.3, -0.25) is 0 Å². The Morgan fingerprint density at radius 3 is 2.44 bits per heavy atom. The fourth-order valence-electron chi connectivity index (χ4n) is 2.86. The number of ether oxygens (including phenoxy) is 4. The molecule has 7 nitrogen and oxygen atoms in total. The van der Waals surface area contributed by atoms with Gasteiger partial charge in [-0.1, -0.05) is 0 Å². The largest absolute Gasteiger partial charge is 0.491 e. The highest BCUT2D eigenvalue weighted by Gasteiger charge is 2.15. The van der Waals surface area contributed by atoms with Crippen LogP contribution in [-0.2, 0) is 19.0 Å². The smallest absolute Gasteiger partial charge is 0.332 e. The van der Waals surface area contributed by atoms with Crippen molar-refractivity contribution in [2.45, 2.75) is 26.4 Å². The van der Waals surface area contributed by atoms with Gasteiger partial charge in [-0.2, -0.15) is 0 Å². The highest BCUT2D eigenvalue weighted by Crippen LogP contribution is 2.32. The maximum atomic E-state index is 11.5. The standard InChI is InChI=1S/C24H30N2O5S/c1-24(2,3)31-22(27)16-29-12-11-28-13-14-30-19-9-10-20-21(15-19)32-23(26-20)17-5-7-18(25-4)8-6-17/h5-10,15,25H,11-14,16H2,1-4H3. The molecule has 0 unspecified atom stereocenters. The van der Waals surface area contributed by atoms with Crippen molar-refractivity contribution in [3.05, 3.63) is 42.5 Å². The molecule has 172 valence electrons. The zero-order valence-corrected chi connectivity index (χ0v) is 19.8. The van der Waals surface area contributed by atoms with Crippen molar-refractivity contribution in [3.8, 4) is 16.3 Å². The number of hydrogen-bond donors (Lipinski definition) is 1. The molecule has 0 spiro atoms. The van der Waals surface area contributed by atoms with Crippen LogP contribution in [-0.4, -0.2) is 56.6 Å². The van der Waals surface area contributed by atoms with Gasteiger partial charge in [0.15, 0.2) is 0 Å². The molecule has 0 saturated carbocycles. The Bertz CT molecular complexity index is 1010. The lowest BCUT2D eigenvalue weighted by Gasteiger charge is -2.19. The third-order valence-electron chi connectivity index (χ3n) is 4.29. The van der Waals surface area contributed by atoms with Crippen LogP contribution in [0.1, 0.15) is 20.8 Å². The van der Waals surface area contributed by atoms with Gasteiger partial charge in [0.25, 0.3) is 0 Å². The SMILES string of the molecule is CNc1ccc(-c2nc3ccc(OCCOCCOCC(=O)OC(C)(C)C)cc3s2)cc1. The quantitative estimate of drug-likeness (QED) is 0.328. The second-order valence-electron chi connectivity index (χ2n) is 8.08. The average Bonchev–Trinajstić information content (AvgIpc) is 3.18. The summed E-state index contributed by atoms with van der Waals surface area (Å²) in [6.07, 6.45) is 0. The number of fused-ring (bicyclic) bond motifs is 1. The van der Waals surface area contributed by atoms with Crippen molar-refractivity contribution in [3.63, 3.8) is 0 Å². The maximum Gasteiger partial charge on any atom is 0.332 e. The molecule has 1 aromatic heterocycles. The normalized spacial score (nSPS) is 11.5. The molecule has 0 aliphatic heterocycles. The van der Waals surface area contributed by atoms with Crippen molar-refractivity contribution >= 4 is 33.2 Å². The highest BCUT2D eigenvalue weighted by atomic mass is 32.1. The number of benzene rings is 2. The molecule has 0 amide bonds. The van der Waals surface area contributed by atoms with E-state index in [9.17, 15) is 4.79 Å². The zero-order chi connectivity index (χ0) is 23.0. The molecular formula is C24H30N2O5S. The lowest BCUT2D eigenvalue weighted by Crippen LogP contribution is -2.27. The zero-order valence-electron chi connectivity index (χ0n) is 19.0. The summed E-state index contributed by atoms with van der Waals surface area (Å²) in [5.41, 5.74) is 2.61. The molecule has 3 aromatic rings. The van der Waals surface area contributed by atoms with Crippen molar-refractivity contribution in [1.82, 2.24) is 4.98 Å². The number of esters is 1. The van der Waals surface area contributed by atoms with E-state index in [1.54, 1.807) is 11.3 Å². The van der Waals surface area contributed by atoms with Gasteiger partial charge in [0.05, 0.1) is 30.0 Å². The average molecular weight is 459 g/mol. The minimum atomic E-state index is -0.504. The Hall–Kier alpha value is -2.68. The van der Waals surface area contributed by atoms with Crippen molar-refractivity contribution in [2.24, 2.45) is 0 Å². The van der Waals surface area contributed by atoms with Crippen molar-refractivity contribution in [1.29, 1.82) is 0 Å². The third kappa shape index (κ3) is 7.47. The summed E-state index contributed by atoms with van der Waals surface area (Å²) >= 11 is 1.64. The first-order valence-electron chi connectivity index (χ1n) is 10.5. The van der Waals surface area contributed by atoms with Crippen LogP contribution in [0.25, 0.3) is 20.8 Å². The Morgan fingerprint density at radius 2 is 1.72 bits per heavy atom. The Labute approximate surface area is 192 Å². The van der Waals surface area contributed by atoms with Crippen molar-refractivity contribution < 1.29 is 23.7 Å². The Balaban J connectivity index is 1.38. The van der Waals surface area contributed by atoms with E-state index in [-0.39, 0.29) is 12.6 Å². The van der Waals surface area contributed by atoms with Crippen LogP contribution < -0.4 is 10.1 Å². The monoisotopic (exact) mass is 458 g/mol. The lowest BCUT2D eigenvalue weighted by atomic mass is 10.2. The molecule has 0 fully saturated rings.